The summed E-state index contributed by atoms with van der Waals surface area (Å²) >= 11 is 0. The van der Waals surface area contributed by atoms with Crippen LogP contribution in [-0.4, -0.2) is 26.2 Å². The maximum atomic E-state index is 10.4. The zero-order chi connectivity index (χ0) is 32.7. The summed E-state index contributed by atoms with van der Waals surface area (Å²) in [6, 6.07) is 26.9. The molecule has 2 saturated heterocycles. The fourth-order valence-electron chi connectivity index (χ4n) is 8.74. The van der Waals surface area contributed by atoms with Gasteiger partial charge >= 0.3 is 0 Å². The number of fused-ring (bicyclic) bond motifs is 8. The largest absolute Gasteiger partial charge is 0.454 e. The summed E-state index contributed by atoms with van der Waals surface area (Å²) in [7, 11) is 0. The minimum atomic E-state index is 0.463. The molecule has 7 aromatic rings. The molecule has 9 rings (SSSR count). The number of furan rings is 2. The SMILES string of the molecule is CC(C)C1CCN(c2ccc3cc4c(cc3c2)oc2c(C#N)c3oc5cc6cc(N7CCC(C(C)C)CC7)ccc6cc5c3cc24)CC1. The first-order valence-electron chi connectivity index (χ1n) is 18.0. The third-order valence-electron chi connectivity index (χ3n) is 11.9. The van der Waals surface area contributed by atoms with E-state index in [1.165, 1.54) is 47.8 Å². The Morgan fingerprint density at radius 1 is 0.562 bits per heavy atom. The van der Waals surface area contributed by atoms with E-state index < -0.39 is 0 Å². The van der Waals surface area contributed by atoms with Gasteiger partial charge in [0.2, 0.25) is 0 Å². The van der Waals surface area contributed by atoms with Gasteiger partial charge in [0.25, 0.3) is 0 Å². The molecule has 0 N–H and O–H groups in total. The van der Waals surface area contributed by atoms with Crippen molar-refractivity contribution in [1.29, 1.82) is 5.26 Å². The number of benzene rings is 5. The third kappa shape index (κ3) is 4.72. The molecule has 0 radical (unpaired) electrons. The lowest BCUT2D eigenvalue weighted by molar-refractivity contribution is 0.311. The van der Waals surface area contributed by atoms with Crippen molar-refractivity contribution in [3.05, 3.63) is 72.3 Å². The monoisotopic (exact) mass is 633 g/mol. The van der Waals surface area contributed by atoms with E-state index in [9.17, 15) is 5.26 Å². The molecule has 0 saturated carbocycles. The second kappa shape index (κ2) is 11.2. The summed E-state index contributed by atoms with van der Waals surface area (Å²) in [5.41, 5.74) is 5.82. The average molecular weight is 634 g/mol. The average Bonchev–Trinajstić information content (AvgIpc) is 3.64. The van der Waals surface area contributed by atoms with Gasteiger partial charge in [-0.2, -0.15) is 5.26 Å². The molecular weight excluding hydrogens is 590 g/mol. The fourth-order valence-corrected chi connectivity index (χ4v) is 8.74. The van der Waals surface area contributed by atoms with Crippen molar-refractivity contribution >= 4 is 76.8 Å². The van der Waals surface area contributed by atoms with Gasteiger partial charge in [-0.05, 0) is 125 Å². The quantitative estimate of drug-likeness (QED) is 0.193. The van der Waals surface area contributed by atoms with Crippen LogP contribution in [0.25, 0.3) is 65.4 Å². The molecule has 2 fully saturated rings. The van der Waals surface area contributed by atoms with E-state index in [1.54, 1.807) is 0 Å². The summed E-state index contributed by atoms with van der Waals surface area (Å²) in [5, 5.41) is 19.1. The summed E-state index contributed by atoms with van der Waals surface area (Å²) < 4.78 is 13.0. The molecule has 2 aliphatic rings. The minimum Gasteiger partial charge on any atom is -0.454 e. The number of hydrogen-bond donors (Lipinski definition) is 0. The molecule has 5 nitrogen and oxygen atoms in total. The van der Waals surface area contributed by atoms with Crippen LogP contribution in [-0.2, 0) is 0 Å². The van der Waals surface area contributed by atoms with Crippen LogP contribution in [0, 0.1) is 35.0 Å². The summed E-state index contributed by atoms with van der Waals surface area (Å²) in [6.45, 7) is 13.8. The van der Waals surface area contributed by atoms with Gasteiger partial charge in [-0.25, -0.2) is 0 Å². The van der Waals surface area contributed by atoms with E-state index >= 15 is 0 Å². The summed E-state index contributed by atoms with van der Waals surface area (Å²) in [4.78, 5) is 5.04. The highest BCUT2D eigenvalue weighted by molar-refractivity contribution is 6.20. The van der Waals surface area contributed by atoms with E-state index in [1.807, 2.05) is 0 Å². The van der Waals surface area contributed by atoms with Crippen LogP contribution in [0.3, 0.4) is 0 Å². The Morgan fingerprint density at radius 2 is 1.00 bits per heavy atom. The van der Waals surface area contributed by atoms with E-state index in [2.05, 4.69) is 110 Å². The topological polar surface area (TPSA) is 56.6 Å². The first kappa shape index (κ1) is 29.4. The Bertz CT molecular complexity index is 2250. The minimum absolute atomic E-state index is 0.463. The molecule has 242 valence electrons. The fraction of sp³-hybridized carbons (Fsp3) is 0.372. The molecule has 0 bridgehead atoms. The highest BCUT2D eigenvalue weighted by Crippen LogP contribution is 2.42. The maximum absolute atomic E-state index is 10.4. The van der Waals surface area contributed by atoms with Gasteiger partial charge in [-0.3, -0.25) is 0 Å². The van der Waals surface area contributed by atoms with Gasteiger partial charge in [0.05, 0.1) is 0 Å². The van der Waals surface area contributed by atoms with Gasteiger partial charge in [-0.1, -0.05) is 39.8 Å². The Hall–Kier alpha value is -4.69. The molecule has 2 aromatic heterocycles. The lowest BCUT2D eigenvalue weighted by Gasteiger charge is -2.35. The van der Waals surface area contributed by atoms with Crippen molar-refractivity contribution in [2.75, 3.05) is 36.0 Å². The van der Waals surface area contributed by atoms with Crippen molar-refractivity contribution in [3.8, 4) is 6.07 Å². The lowest BCUT2D eigenvalue weighted by atomic mass is 9.86. The molecule has 4 heterocycles. The predicted molar refractivity (Wildman–Crippen MR) is 200 cm³/mol. The van der Waals surface area contributed by atoms with E-state index in [0.29, 0.717) is 16.7 Å². The molecule has 48 heavy (non-hydrogen) atoms. The van der Waals surface area contributed by atoms with Gasteiger partial charge in [0.15, 0.2) is 11.2 Å². The second-order valence-electron chi connectivity index (χ2n) is 15.2. The number of anilines is 2. The van der Waals surface area contributed by atoms with Crippen molar-refractivity contribution in [3.63, 3.8) is 0 Å². The molecular formula is C43H43N3O2. The van der Waals surface area contributed by atoms with Gasteiger partial charge in [-0.15, -0.1) is 0 Å². The molecule has 0 unspecified atom stereocenters. The normalized spacial score (nSPS) is 17.0. The van der Waals surface area contributed by atoms with E-state index in [4.69, 9.17) is 8.83 Å². The van der Waals surface area contributed by atoms with Crippen LogP contribution in [0.5, 0.6) is 0 Å². The van der Waals surface area contributed by atoms with Crippen molar-refractivity contribution < 1.29 is 8.83 Å². The number of piperidine rings is 2. The molecule has 5 aromatic carbocycles. The Balaban J connectivity index is 1.11. The lowest BCUT2D eigenvalue weighted by Crippen LogP contribution is -2.35. The maximum Gasteiger partial charge on any atom is 0.157 e. The first-order chi connectivity index (χ1) is 23.3. The standard InChI is InChI=1S/C43H43N3O2/c1-25(2)27-9-13-45(14-10-27)33-7-5-29-19-35-37-23-38-36-20-30-6-8-34(46-15-11-28(12-16-46)26(3)4)18-32(30)22-41(36)48-43(38)39(24-44)42(37)47-40(35)21-31(29)17-33/h5-8,17-23,25-28H,9-16H2,1-4H3. The number of rotatable bonds is 4. The zero-order valence-corrected chi connectivity index (χ0v) is 28.5. The zero-order valence-electron chi connectivity index (χ0n) is 28.5. The van der Waals surface area contributed by atoms with E-state index in [-0.39, 0.29) is 0 Å². The molecule has 5 heteroatoms. The molecule has 2 aliphatic heterocycles. The third-order valence-corrected chi connectivity index (χ3v) is 11.9. The highest BCUT2D eigenvalue weighted by Gasteiger charge is 2.24. The molecule has 0 spiro atoms. The van der Waals surface area contributed by atoms with Gasteiger partial charge in [0, 0.05) is 59.1 Å². The summed E-state index contributed by atoms with van der Waals surface area (Å²) in [6.07, 6.45) is 5.00. The van der Waals surface area contributed by atoms with Gasteiger partial charge in [0.1, 0.15) is 22.8 Å². The Morgan fingerprint density at radius 3 is 1.40 bits per heavy atom. The van der Waals surface area contributed by atoms with Crippen LogP contribution in [0.2, 0.25) is 0 Å². The van der Waals surface area contributed by atoms with Crippen molar-refractivity contribution in [2.45, 2.75) is 53.4 Å². The van der Waals surface area contributed by atoms with E-state index in [0.717, 1.165) is 93.3 Å². The van der Waals surface area contributed by atoms with Crippen LogP contribution in [0.15, 0.2) is 75.6 Å². The smallest absolute Gasteiger partial charge is 0.157 e. The summed E-state index contributed by atoms with van der Waals surface area (Å²) in [5.74, 6) is 3.13. The molecule has 0 atom stereocenters. The van der Waals surface area contributed by atoms with Crippen molar-refractivity contribution in [2.24, 2.45) is 23.7 Å². The molecule has 0 aliphatic carbocycles. The van der Waals surface area contributed by atoms with Crippen molar-refractivity contribution in [1.82, 2.24) is 0 Å². The first-order valence-corrected chi connectivity index (χ1v) is 18.0. The van der Waals surface area contributed by atoms with Gasteiger partial charge < -0.3 is 18.6 Å². The Labute approximate surface area is 281 Å². The second-order valence-corrected chi connectivity index (χ2v) is 15.2. The predicted octanol–water partition coefficient (Wildman–Crippen LogP) is 11.4. The number of nitrogens with zero attached hydrogens (tertiary/aromatic N) is 3. The van der Waals surface area contributed by atoms with Crippen LogP contribution in [0.4, 0.5) is 11.4 Å². The highest BCUT2D eigenvalue weighted by atomic mass is 16.3. The number of hydrogen-bond acceptors (Lipinski definition) is 5. The molecule has 0 amide bonds. The van der Waals surface area contributed by atoms with Crippen LogP contribution < -0.4 is 9.80 Å². The van der Waals surface area contributed by atoms with Crippen LogP contribution in [0.1, 0.15) is 58.9 Å². The Kier molecular flexibility index (Phi) is 6.87. The van der Waals surface area contributed by atoms with Crippen LogP contribution >= 0.6 is 0 Å². The number of nitriles is 1.